The Morgan fingerprint density at radius 1 is 1.18 bits per heavy atom. The van der Waals surface area contributed by atoms with Gasteiger partial charge in [-0.1, -0.05) is 18.2 Å². The van der Waals surface area contributed by atoms with Crippen LogP contribution in [0.1, 0.15) is 24.1 Å². The summed E-state index contributed by atoms with van der Waals surface area (Å²) in [4.78, 5) is 21.3. The van der Waals surface area contributed by atoms with E-state index in [0.717, 1.165) is 36.3 Å². The molecule has 1 unspecified atom stereocenters. The highest BCUT2D eigenvalue weighted by Gasteiger charge is 2.16. The van der Waals surface area contributed by atoms with Gasteiger partial charge in [-0.05, 0) is 24.5 Å². The molecule has 1 aliphatic heterocycles. The highest BCUT2D eigenvalue weighted by molar-refractivity contribution is 5.56. The van der Waals surface area contributed by atoms with Crippen molar-refractivity contribution in [3.8, 4) is 22.8 Å². The molecule has 4 aromatic rings. The summed E-state index contributed by atoms with van der Waals surface area (Å²) in [6, 6.07) is 9.34. The summed E-state index contributed by atoms with van der Waals surface area (Å²) in [5.41, 5.74) is 2.95. The van der Waals surface area contributed by atoms with Crippen molar-refractivity contribution in [1.82, 2.24) is 29.5 Å². The minimum absolute atomic E-state index is 0.107. The van der Waals surface area contributed by atoms with Crippen LogP contribution in [0.15, 0.2) is 66.1 Å². The Labute approximate surface area is 190 Å². The SMILES string of the molecule is Cn1cc(-n2ccc(=O)c(Cc3cccc(-c4ncc(OCC5CCCO5)cn4)c3)n2)cn1. The molecule has 1 atom stereocenters. The van der Waals surface area contributed by atoms with Crippen molar-refractivity contribution in [3.05, 3.63) is 82.8 Å². The van der Waals surface area contributed by atoms with Crippen LogP contribution in [0.2, 0.25) is 0 Å². The molecule has 9 heteroatoms. The fourth-order valence-corrected chi connectivity index (χ4v) is 3.76. The summed E-state index contributed by atoms with van der Waals surface area (Å²) in [7, 11) is 1.84. The number of aromatic nitrogens is 6. The maximum absolute atomic E-state index is 12.4. The molecule has 1 fully saturated rings. The molecule has 9 nitrogen and oxygen atoms in total. The first-order chi connectivity index (χ1) is 16.1. The van der Waals surface area contributed by atoms with E-state index in [1.165, 1.54) is 6.07 Å². The lowest BCUT2D eigenvalue weighted by molar-refractivity contribution is 0.0677. The molecule has 1 aliphatic rings. The number of hydrogen-bond donors (Lipinski definition) is 0. The quantitative estimate of drug-likeness (QED) is 0.432. The zero-order chi connectivity index (χ0) is 22.6. The Morgan fingerprint density at radius 2 is 2.06 bits per heavy atom. The lowest BCUT2D eigenvalue weighted by atomic mass is 10.1. The van der Waals surface area contributed by atoms with Gasteiger partial charge in [0.15, 0.2) is 11.6 Å². The molecular weight excluding hydrogens is 420 g/mol. The normalized spacial score (nSPS) is 15.6. The molecule has 0 amide bonds. The summed E-state index contributed by atoms with van der Waals surface area (Å²) in [5, 5.41) is 8.67. The minimum atomic E-state index is -0.107. The van der Waals surface area contributed by atoms with E-state index >= 15 is 0 Å². The monoisotopic (exact) mass is 444 g/mol. The number of rotatable bonds is 7. The maximum atomic E-state index is 12.4. The molecule has 0 N–H and O–H groups in total. The summed E-state index contributed by atoms with van der Waals surface area (Å²) < 4.78 is 14.7. The average Bonchev–Trinajstić information content (AvgIpc) is 3.52. The van der Waals surface area contributed by atoms with Gasteiger partial charge < -0.3 is 9.47 Å². The molecule has 3 aromatic heterocycles. The molecule has 0 spiro atoms. The topological polar surface area (TPSA) is 97.0 Å². The van der Waals surface area contributed by atoms with Gasteiger partial charge in [0, 0.05) is 37.9 Å². The van der Waals surface area contributed by atoms with Gasteiger partial charge in [0.25, 0.3) is 0 Å². The standard InChI is InChI=1S/C24H24N6O3/c1-29-15-19(12-27-29)30-8-7-23(31)22(28-30)11-17-4-2-5-18(10-17)24-25-13-21(14-26-24)33-16-20-6-3-9-32-20/h2,4-5,7-8,10,12-15,20H,3,6,9,11,16H2,1H3. The van der Waals surface area contributed by atoms with Crippen LogP contribution in [0, 0.1) is 0 Å². The van der Waals surface area contributed by atoms with Crippen LogP contribution in [0.25, 0.3) is 17.1 Å². The number of aryl methyl sites for hydroxylation is 1. The molecule has 1 aromatic carbocycles. The van der Waals surface area contributed by atoms with Crippen LogP contribution in [0.4, 0.5) is 0 Å². The number of nitrogens with zero attached hydrogens (tertiary/aromatic N) is 6. The maximum Gasteiger partial charge on any atom is 0.203 e. The summed E-state index contributed by atoms with van der Waals surface area (Å²) >= 11 is 0. The van der Waals surface area contributed by atoms with Gasteiger partial charge >= 0.3 is 0 Å². The fraction of sp³-hybridized carbons (Fsp3) is 0.292. The molecule has 0 aliphatic carbocycles. The third kappa shape index (κ3) is 4.98. The molecule has 33 heavy (non-hydrogen) atoms. The van der Waals surface area contributed by atoms with Gasteiger partial charge in [-0.3, -0.25) is 9.48 Å². The van der Waals surface area contributed by atoms with Crippen LogP contribution in [-0.2, 0) is 18.2 Å². The van der Waals surface area contributed by atoms with Crippen molar-refractivity contribution in [2.24, 2.45) is 7.05 Å². The molecule has 0 bridgehead atoms. The molecule has 5 rings (SSSR count). The first-order valence-corrected chi connectivity index (χ1v) is 10.9. The van der Waals surface area contributed by atoms with E-state index in [2.05, 4.69) is 20.2 Å². The second-order valence-corrected chi connectivity index (χ2v) is 8.01. The van der Waals surface area contributed by atoms with Crippen molar-refractivity contribution < 1.29 is 9.47 Å². The van der Waals surface area contributed by atoms with Crippen LogP contribution >= 0.6 is 0 Å². The molecule has 168 valence electrons. The lowest BCUT2D eigenvalue weighted by Crippen LogP contribution is -2.16. The highest BCUT2D eigenvalue weighted by atomic mass is 16.5. The van der Waals surface area contributed by atoms with Crippen LogP contribution < -0.4 is 10.2 Å². The van der Waals surface area contributed by atoms with Crippen molar-refractivity contribution in [2.75, 3.05) is 13.2 Å². The Morgan fingerprint density at radius 3 is 2.82 bits per heavy atom. The third-order valence-electron chi connectivity index (χ3n) is 5.48. The Kier molecular flexibility index (Phi) is 5.95. The van der Waals surface area contributed by atoms with E-state index in [1.54, 1.807) is 34.2 Å². The van der Waals surface area contributed by atoms with Crippen LogP contribution in [-0.4, -0.2) is 48.8 Å². The Balaban J connectivity index is 1.31. The van der Waals surface area contributed by atoms with Crippen LogP contribution in [0.5, 0.6) is 5.75 Å². The zero-order valence-electron chi connectivity index (χ0n) is 18.3. The lowest BCUT2D eigenvalue weighted by Gasteiger charge is -2.11. The van der Waals surface area contributed by atoms with Crippen LogP contribution in [0.3, 0.4) is 0 Å². The first-order valence-electron chi connectivity index (χ1n) is 10.9. The predicted molar refractivity (Wildman–Crippen MR) is 121 cm³/mol. The van der Waals surface area contributed by atoms with Gasteiger partial charge in [-0.2, -0.15) is 10.2 Å². The van der Waals surface area contributed by atoms with Crippen molar-refractivity contribution in [2.45, 2.75) is 25.4 Å². The fourth-order valence-electron chi connectivity index (χ4n) is 3.76. The second kappa shape index (κ2) is 9.33. The van der Waals surface area contributed by atoms with E-state index in [0.29, 0.717) is 30.3 Å². The van der Waals surface area contributed by atoms with Crippen molar-refractivity contribution in [3.63, 3.8) is 0 Å². The van der Waals surface area contributed by atoms with E-state index < -0.39 is 0 Å². The Hall–Kier alpha value is -3.85. The predicted octanol–water partition coefficient (Wildman–Crippen LogP) is 2.57. The van der Waals surface area contributed by atoms with Crippen molar-refractivity contribution in [1.29, 1.82) is 0 Å². The first kappa shape index (κ1) is 21.0. The van der Waals surface area contributed by atoms with Gasteiger partial charge in [0.2, 0.25) is 5.43 Å². The van der Waals surface area contributed by atoms with E-state index in [9.17, 15) is 4.79 Å². The largest absolute Gasteiger partial charge is 0.488 e. The molecular formula is C24H24N6O3. The van der Waals surface area contributed by atoms with E-state index in [4.69, 9.17) is 9.47 Å². The summed E-state index contributed by atoms with van der Waals surface area (Å²) in [6.07, 6.45) is 11.2. The van der Waals surface area contributed by atoms with Gasteiger partial charge in [0.1, 0.15) is 18.0 Å². The molecule has 1 saturated heterocycles. The van der Waals surface area contributed by atoms with Gasteiger partial charge in [-0.15, -0.1) is 0 Å². The summed E-state index contributed by atoms with van der Waals surface area (Å²) in [6.45, 7) is 1.31. The molecule has 4 heterocycles. The van der Waals surface area contributed by atoms with Gasteiger partial charge in [-0.25, -0.2) is 14.6 Å². The van der Waals surface area contributed by atoms with Crippen molar-refractivity contribution >= 4 is 0 Å². The zero-order valence-corrected chi connectivity index (χ0v) is 18.3. The molecule has 0 saturated carbocycles. The van der Waals surface area contributed by atoms with Gasteiger partial charge in [0.05, 0.1) is 30.9 Å². The smallest absolute Gasteiger partial charge is 0.203 e. The van der Waals surface area contributed by atoms with E-state index in [1.807, 2.05) is 37.5 Å². The summed E-state index contributed by atoms with van der Waals surface area (Å²) in [5.74, 6) is 1.21. The number of ether oxygens (including phenoxy) is 2. The average molecular weight is 444 g/mol. The highest BCUT2D eigenvalue weighted by Crippen LogP contribution is 2.20. The minimum Gasteiger partial charge on any atom is -0.488 e. The number of hydrogen-bond acceptors (Lipinski definition) is 7. The Bertz CT molecular complexity index is 1290. The number of benzene rings is 1. The van der Waals surface area contributed by atoms with E-state index in [-0.39, 0.29) is 11.5 Å². The second-order valence-electron chi connectivity index (χ2n) is 8.01. The molecule has 0 radical (unpaired) electrons. The third-order valence-corrected chi connectivity index (χ3v) is 5.48.